The number of rotatable bonds is 5. The van der Waals surface area contributed by atoms with Gasteiger partial charge in [-0.3, -0.25) is 0 Å². The number of hydrogen-bond donors (Lipinski definition) is 0. The maximum absolute atomic E-state index is 6.27. The highest BCUT2D eigenvalue weighted by molar-refractivity contribution is 7.25. The van der Waals surface area contributed by atoms with Crippen LogP contribution in [0, 0.1) is 0 Å². The molecule has 0 saturated heterocycles. The number of fused-ring (bicyclic) bond motifs is 5. The topological polar surface area (TPSA) is 3.24 Å². The first-order valence-electron chi connectivity index (χ1n) is 15.9. The number of halogens is 2. The fourth-order valence-electron chi connectivity index (χ4n) is 7.04. The summed E-state index contributed by atoms with van der Waals surface area (Å²) < 4.78 is 2.64. The van der Waals surface area contributed by atoms with Crippen molar-refractivity contribution in [2.45, 2.75) is 0 Å². The van der Waals surface area contributed by atoms with Gasteiger partial charge < -0.3 is 4.90 Å². The predicted octanol–water partition coefficient (Wildman–Crippen LogP) is 14.5. The summed E-state index contributed by atoms with van der Waals surface area (Å²) >= 11 is 14.4. The minimum atomic E-state index is 0.705. The average molecular weight is 673 g/mol. The van der Waals surface area contributed by atoms with Crippen LogP contribution in [-0.2, 0) is 0 Å². The third kappa shape index (κ3) is 4.93. The Hall–Kier alpha value is -5.12. The Morgan fingerprint density at radius 1 is 0.354 bits per heavy atom. The van der Waals surface area contributed by atoms with Crippen LogP contribution in [0.3, 0.4) is 0 Å². The van der Waals surface area contributed by atoms with Gasteiger partial charge in [0.2, 0.25) is 0 Å². The third-order valence-electron chi connectivity index (χ3n) is 9.18. The van der Waals surface area contributed by atoms with Crippen molar-refractivity contribution in [2.75, 3.05) is 4.90 Å². The van der Waals surface area contributed by atoms with Gasteiger partial charge in [-0.05, 0) is 123 Å². The zero-order valence-corrected chi connectivity index (χ0v) is 28.0. The van der Waals surface area contributed by atoms with Crippen molar-refractivity contribution >= 4 is 93.3 Å². The molecule has 0 N–H and O–H groups in total. The first kappa shape index (κ1) is 29.1. The quantitative estimate of drug-likeness (QED) is 0.165. The Morgan fingerprint density at radius 3 is 1.27 bits per heavy atom. The molecule has 0 aliphatic carbocycles. The second-order valence-corrected chi connectivity index (χ2v) is 13.9. The molecule has 0 atom stereocenters. The van der Waals surface area contributed by atoms with Crippen LogP contribution in [0.1, 0.15) is 0 Å². The highest BCUT2D eigenvalue weighted by atomic mass is 35.5. The Bertz CT molecular complexity index is 2520. The highest BCUT2D eigenvalue weighted by Crippen LogP contribution is 2.46. The van der Waals surface area contributed by atoms with E-state index in [2.05, 4.69) is 120 Å². The third-order valence-corrected chi connectivity index (χ3v) is 10.8. The maximum atomic E-state index is 6.27. The van der Waals surface area contributed by atoms with E-state index in [9.17, 15) is 0 Å². The number of benzene rings is 8. The van der Waals surface area contributed by atoms with Gasteiger partial charge in [-0.15, -0.1) is 11.3 Å². The molecule has 9 rings (SSSR count). The molecule has 0 radical (unpaired) electrons. The largest absolute Gasteiger partial charge is 0.311 e. The monoisotopic (exact) mass is 671 g/mol. The standard InChI is InChI=1S/C44H27Cl2NS/c45-30-16-22-33(23-17-30)47(34-24-18-31(46)19-25-34)32-20-13-28(14-21-32)43-36-8-1-3-10-38(36)44(39-11-4-2-9-37(39)43)29-15-26-42-40(27-29)35-7-5-6-12-41(35)48-42/h1-27H. The molecule has 0 unspecified atom stereocenters. The van der Waals surface area contributed by atoms with Gasteiger partial charge in [0, 0.05) is 47.3 Å². The molecule has 1 heterocycles. The molecule has 9 aromatic rings. The Labute approximate surface area is 292 Å². The predicted molar refractivity (Wildman–Crippen MR) is 210 cm³/mol. The molecular weight excluding hydrogens is 645 g/mol. The second kappa shape index (κ2) is 11.8. The summed E-state index contributed by atoms with van der Waals surface area (Å²) in [6.07, 6.45) is 0. The summed E-state index contributed by atoms with van der Waals surface area (Å²) in [4.78, 5) is 2.22. The molecule has 1 nitrogen and oxygen atoms in total. The van der Waals surface area contributed by atoms with Crippen LogP contribution in [0.25, 0.3) is 64.0 Å². The van der Waals surface area contributed by atoms with Crippen LogP contribution in [-0.4, -0.2) is 0 Å². The summed E-state index contributed by atoms with van der Waals surface area (Å²) in [7, 11) is 0. The lowest BCUT2D eigenvalue weighted by Crippen LogP contribution is -2.09. The number of thiophene rings is 1. The average Bonchev–Trinajstić information content (AvgIpc) is 3.51. The molecule has 48 heavy (non-hydrogen) atoms. The van der Waals surface area contributed by atoms with Crippen molar-refractivity contribution in [1.29, 1.82) is 0 Å². The van der Waals surface area contributed by atoms with Crippen LogP contribution < -0.4 is 4.90 Å². The Balaban J connectivity index is 1.23. The van der Waals surface area contributed by atoms with Gasteiger partial charge in [0.15, 0.2) is 0 Å². The minimum absolute atomic E-state index is 0.705. The van der Waals surface area contributed by atoms with E-state index in [1.807, 2.05) is 59.9 Å². The Kier molecular flexibility index (Phi) is 7.17. The van der Waals surface area contributed by atoms with Gasteiger partial charge in [-0.2, -0.15) is 0 Å². The SMILES string of the molecule is Clc1ccc(N(c2ccc(Cl)cc2)c2ccc(-c3c4ccccc4c(-c4ccc5sc6ccccc6c5c4)c4ccccc34)cc2)cc1. The van der Waals surface area contributed by atoms with Crippen molar-refractivity contribution in [2.24, 2.45) is 0 Å². The van der Waals surface area contributed by atoms with E-state index in [-0.39, 0.29) is 0 Å². The lowest BCUT2D eigenvalue weighted by Gasteiger charge is -2.26. The lowest BCUT2D eigenvalue weighted by atomic mass is 9.85. The van der Waals surface area contributed by atoms with Gasteiger partial charge >= 0.3 is 0 Å². The van der Waals surface area contributed by atoms with Gasteiger partial charge in [-0.25, -0.2) is 0 Å². The second-order valence-electron chi connectivity index (χ2n) is 12.0. The van der Waals surface area contributed by atoms with E-state index in [0.717, 1.165) is 17.1 Å². The van der Waals surface area contributed by atoms with Gasteiger partial charge in [0.05, 0.1) is 0 Å². The van der Waals surface area contributed by atoms with Crippen molar-refractivity contribution in [3.63, 3.8) is 0 Å². The van der Waals surface area contributed by atoms with Gasteiger partial charge in [0.1, 0.15) is 0 Å². The van der Waals surface area contributed by atoms with Crippen LogP contribution in [0.5, 0.6) is 0 Å². The fraction of sp³-hybridized carbons (Fsp3) is 0. The molecule has 4 heteroatoms. The van der Waals surface area contributed by atoms with Gasteiger partial charge in [0.25, 0.3) is 0 Å². The molecule has 0 saturated carbocycles. The van der Waals surface area contributed by atoms with Crippen LogP contribution in [0.15, 0.2) is 164 Å². The van der Waals surface area contributed by atoms with Crippen molar-refractivity contribution in [3.05, 3.63) is 174 Å². The molecular formula is C44H27Cl2NS. The molecule has 0 aliphatic rings. The maximum Gasteiger partial charge on any atom is 0.0462 e. The zero-order valence-electron chi connectivity index (χ0n) is 25.7. The molecule has 8 aromatic carbocycles. The summed E-state index contributed by atoms with van der Waals surface area (Å²) in [6.45, 7) is 0. The van der Waals surface area contributed by atoms with E-state index in [1.165, 1.54) is 64.0 Å². The van der Waals surface area contributed by atoms with Crippen molar-refractivity contribution in [3.8, 4) is 22.3 Å². The smallest absolute Gasteiger partial charge is 0.0462 e. The number of nitrogens with zero attached hydrogens (tertiary/aromatic N) is 1. The highest BCUT2D eigenvalue weighted by Gasteiger charge is 2.19. The number of anilines is 3. The van der Waals surface area contributed by atoms with Crippen LogP contribution >= 0.6 is 34.5 Å². The van der Waals surface area contributed by atoms with E-state index in [4.69, 9.17) is 23.2 Å². The van der Waals surface area contributed by atoms with E-state index >= 15 is 0 Å². The lowest BCUT2D eigenvalue weighted by molar-refractivity contribution is 1.28. The number of hydrogen-bond acceptors (Lipinski definition) is 2. The normalized spacial score (nSPS) is 11.5. The summed E-state index contributed by atoms with van der Waals surface area (Å²) in [6, 6.07) is 58.1. The fourth-order valence-corrected chi connectivity index (χ4v) is 8.38. The zero-order chi connectivity index (χ0) is 32.2. The first-order valence-corrected chi connectivity index (χ1v) is 17.5. The van der Waals surface area contributed by atoms with E-state index in [1.54, 1.807) is 0 Å². The summed E-state index contributed by atoms with van der Waals surface area (Å²) in [5, 5.41) is 9.01. The summed E-state index contributed by atoms with van der Waals surface area (Å²) in [5.41, 5.74) is 8.00. The van der Waals surface area contributed by atoms with E-state index < -0.39 is 0 Å². The molecule has 0 spiro atoms. The molecule has 0 aliphatic heterocycles. The first-order chi connectivity index (χ1) is 23.6. The minimum Gasteiger partial charge on any atom is -0.311 e. The molecule has 0 fully saturated rings. The van der Waals surface area contributed by atoms with E-state index in [0.29, 0.717) is 10.0 Å². The molecule has 0 bridgehead atoms. The Morgan fingerprint density at radius 2 is 0.750 bits per heavy atom. The molecule has 0 amide bonds. The van der Waals surface area contributed by atoms with Gasteiger partial charge in [-0.1, -0.05) is 108 Å². The molecule has 228 valence electrons. The van der Waals surface area contributed by atoms with Crippen LogP contribution in [0.4, 0.5) is 17.1 Å². The van der Waals surface area contributed by atoms with Crippen molar-refractivity contribution in [1.82, 2.24) is 0 Å². The van der Waals surface area contributed by atoms with Crippen LogP contribution in [0.2, 0.25) is 10.0 Å². The van der Waals surface area contributed by atoms with Crippen molar-refractivity contribution < 1.29 is 0 Å². The molecule has 1 aromatic heterocycles. The summed E-state index contributed by atoms with van der Waals surface area (Å²) in [5.74, 6) is 0.